The summed E-state index contributed by atoms with van der Waals surface area (Å²) in [4.78, 5) is 2.15. The van der Waals surface area contributed by atoms with Gasteiger partial charge in [0, 0.05) is 13.6 Å². The minimum Gasteiger partial charge on any atom is -0.497 e. The Morgan fingerprint density at radius 1 is 1.16 bits per heavy atom. The van der Waals surface area contributed by atoms with Crippen molar-refractivity contribution in [2.24, 2.45) is 0 Å². The first-order chi connectivity index (χ1) is 9.11. The normalized spacial score (nSPS) is 10.3. The molecule has 3 nitrogen and oxygen atoms in total. The number of aryl methyl sites for hydroxylation is 1. The SMILES string of the molecule is COc1cccc(CN(C)c2cccc(C)c2N)c1. The van der Waals surface area contributed by atoms with E-state index in [0.717, 1.165) is 29.2 Å². The highest BCUT2D eigenvalue weighted by Gasteiger charge is 2.07. The molecule has 0 heterocycles. The Morgan fingerprint density at radius 2 is 1.89 bits per heavy atom. The third-order valence-corrected chi connectivity index (χ3v) is 3.27. The van der Waals surface area contributed by atoms with Crippen molar-refractivity contribution < 1.29 is 4.74 Å². The summed E-state index contributed by atoms with van der Waals surface area (Å²) in [5.41, 5.74) is 10.3. The van der Waals surface area contributed by atoms with Gasteiger partial charge in [0.25, 0.3) is 0 Å². The number of para-hydroxylation sites is 1. The lowest BCUT2D eigenvalue weighted by atomic mass is 10.1. The molecule has 2 N–H and O–H groups in total. The van der Waals surface area contributed by atoms with E-state index < -0.39 is 0 Å². The molecule has 2 rings (SSSR count). The first-order valence-corrected chi connectivity index (χ1v) is 6.31. The second-order valence-electron chi connectivity index (χ2n) is 4.72. The van der Waals surface area contributed by atoms with Crippen LogP contribution in [0.4, 0.5) is 11.4 Å². The molecule has 0 atom stereocenters. The maximum Gasteiger partial charge on any atom is 0.119 e. The molecule has 0 spiro atoms. The molecule has 2 aromatic carbocycles. The van der Waals surface area contributed by atoms with Gasteiger partial charge in [0.15, 0.2) is 0 Å². The number of hydrogen-bond donors (Lipinski definition) is 1. The standard InChI is InChI=1S/C16H20N2O/c1-12-6-4-9-15(16(12)17)18(2)11-13-7-5-8-14(10-13)19-3/h4-10H,11,17H2,1-3H3. The van der Waals surface area contributed by atoms with Crippen LogP contribution < -0.4 is 15.4 Å². The van der Waals surface area contributed by atoms with E-state index in [1.807, 2.05) is 50.4 Å². The van der Waals surface area contributed by atoms with E-state index in [4.69, 9.17) is 10.5 Å². The second kappa shape index (κ2) is 5.65. The van der Waals surface area contributed by atoms with Gasteiger partial charge in [-0.3, -0.25) is 0 Å². The van der Waals surface area contributed by atoms with Crippen LogP contribution in [0, 0.1) is 6.92 Å². The molecule has 2 aromatic rings. The smallest absolute Gasteiger partial charge is 0.119 e. The molecule has 0 fully saturated rings. The van der Waals surface area contributed by atoms with Gasteiger partial charge in [-0.25, -0.2) is 0 Å². The number of hydrogen-bond acceptors (Lipinski definition) is 3. The highest BCUT2D eigenvalue weighted by atomic mass is 16.5. The fourth-order valence-electron chi connectivity index (χ4n) is 2.13. The average molecular weight is 256 g/mol. The van der Waals surface area contributed by atoms with Gasteiger partial charge in [-0.05, 0) is 36.2 Å². The van der Waals surface area contributed by atoms with Gasteiger partial charge in [0.1, 0.15) is 5.75 Å². The van der Waals surface area contributed by atoms with E-state index in [1.54, 1.807) is 7.11 Å². The lowest BCUT2D eigenvalue weighted by molar-refractivity contribution is 0.414. The number of benzene rings is 2. The zero-order valence-electron chi connectivity index (χ0n) is 11.7. The Bertz CT molecular complexity index is 566. The second-order valence-corrected chi connectivity index (χ2v) is 4.72. The number of nitrogens with two attached hydrogens (primary N) is 1. The largest absolute Gasteiger partial charge is 0.497 e. The minimum absolute atomic E-state index is 0.796. The number of nitrogens with zero attached hydrogens (tertiary/aromatic N) is 1. The Morgan fingerprint density at radius 3 is 2.63 bits per heavy atom. The van der Waals surface area contributed by atoms with Crippen molar-refractivity contribution in [2.45, 2.75) is 13.5 Å². The van der Waals surface area contributed by atoms with Crippen molar-refractivity contribution >= 4 is 11.4 Å². The van der Waals surface area contributed by atoms with Crippen LogP contribution in [-0.2, 0) is 6.54 Å². The molecule has 0 saturated heterocycles. The molecule has 0 aliphatic carbocycles. The van der Waals surface area contributed by atoms with Gasteiger partial charge in [0.05, 0.1) is 18.5 Å². The third kappa shape index (κ3) is 2.99. The monoisotopic (exact) mass is 256 g/mol. The summed E-state index contributed by atoms with van der Waals surface area (Å²) in [5.74, 6) is 0.878. The van der Waals surface area contributed by atoms with Crippen LogP contribution in [0.2, 0.25) is 0 Å². The van der Waals surface area contributed by atoms with Gasteiger partial charge >= 0.3 is 0 Å². The highest BCUT2D eigenvalue weighted by Crippen LogP contribution is 2.26. The van der Waals surface area contributed by atoms with Gasteiger partial charge in [0.2, 0.25) is 0 Å². The maximum absolute atomic E-state index is 6.13. The summed E-state index contributed by atoms with van der Waals surface area (Å²) in [6.45, 7) is 2.82. The molecule has 0 aliphatic rings. The first kappa shape index (κ1) is 13.3. The Kier molecular flexibility index (Phi) is 3.95. The van der Waals surface area contributed by atoms with Crippen molar-refractivity contribution in [3.63, 3.8) is 0 Å². The highest BCUT2D eigenvalue weighted by molar-refractivity contribution is 5.70. The predicted octanol–water partition coefficient (Wildman–Crippen LogP) is 3.22. The number of ether oxygens (including phenoxy) is 1. The van der Waals surface area contributed by atoms with Crippen LogP contribution in [0.5, 0.6) is 5.75 Å². The van der Waals surface area contributed by atoms with E-state index >= 15 is 0 Å². The number of methoxy groups -OCH3 is 1. The molecule has 0 bridgehead atoms. The summed E-state index contributed by atoms with van der Waals surface area (Å²) >= 11 is 0. The minimum atomic E-state index is 0.796. The average Bonchev–Trinajstić information content (AvgIpc) is 2.42. The van der Waals surface area contributed by atoms with Crippen molar-refractivity contribution in [2.75, 3.05) is 24.8 Å². The van der Waals surface area contributed by atoms with Gasteiger partial charge in [-0.15, -0.1) is 0 Å². The Hall–Kier alpha value is -2.16. The molecule has 0 aromatic heterocycles. The van der Waals surface area contributed by atoms with Crippen molar-refractivity contribution in [1.82, 2.24) is 0 Å². The molecule has 0 aliphatic heterocycles. The topological polar surface area (TPSA) is 38.5 Å². The third-order valence-electron chi connectivity index (χ3n) is 3.27. The fourth-order valence-corrected chi connectivity index (χ4v) is 2.13. The summed E-state index contributed by atoms with van der Waals surface area (Å²) in [6, 6.07) is 14.2. The number of nitrogen functional groups attached to an aromatic ring is 1. The van der Waals surface area contributed by atoms with Crippen LogP contribution in [0.15, 0.2) is 42.5 Å². The first-order valence-electron chi connectivity index (χ1n) is 6.31. The molecule has 3 heteroatoms. The fraction of sp³-hybridized carbons (Fsp3) is 0.250. The van der Waals surface area contributed by atoms with Crippen LogP contribution in [0.3, 0.4) is 0 Å². The quantitative estimate of drug-likeness (QED) is 0.854. The van der Waals surface area contributed by atoms with Crippen molar-refractivity contribution in [3.8, 4) is 5.75 Å². The molecule has 0 saturated carbocycles. The number of anilines is 2. The van der Waals surface area contributed by atoms with Crippen molar-refractivity contribution in [1.29, 1.82) is 0 Å². The summed E-state index contributed by atoms with van der Waals surface area (Å²) < 4.78 is 5.24. The van der Waals surface area contributed by atoms with Gasteiger partial charge in [-0.1, -0.05) is 24.3 Å². The lowest BCUT2D eigenvalue weighted by Gasteiger charge is -2.22. The molecular weight excluding hydrogens is 236 g/mol. The molecular formula is C16H20N2O. The summed E-state index contributed by atoms with van der Waals surface area (Å²) in [5, 5.41) is 0. The van der Waals surface area contributed by atoms with Crippen LogP contribution in [0.25, 0.3) is 0 Å². The van der Waals surface area contributed by atoms with E-state index in [-0.39, 0.29) is 0 Å². The predicted molar refractivity (Wildman–Crippen MR) is 80.7 cm³/mol. The summed E-state index contributed by atoms with van der Waals surface area (Å²) in [7, 11) is 3.73. The van der Waals surface area contributed by atoms with Crippen molar-refractivity contribution in [3.05, 3.63) is 53.6 Å². The Labute approximate surface area is 114 Å². The van der Waals surface area contributed by atoms with E-state index in [0.29, 0.717) is 0 Å². The molecule has 0 radical (unpaired) electrons. The molecule has 100 valence electrons. The molecule has 0 unspecified atom stereocenters. The van der Waals surface area contributed by atoms with Crippen LogP contribution in [0.1, 0.15) is 11.1 Å². The zero-order chi connectivity index (χ0) is 13.8. The number of rotatable bonds is 4. The van der Waals surface area contributed by atoms with E-state index in [1.165, 1.54) is 5.56 Å². The van der Waals surface area contributed by atoms with Crippen LogP contribution >= 0.6 is 0 Å². The molecule has 0 amide bonds. The molecule has 19 heavy (non-hydrogen) atoms. The van der Waals surface area contributed by atoms with E-state index in [2.05, 4.69) is 11.0 Å². The zero-order valence-corrected chi connectivity index (χ0v) is 11.7. The lowest BCUT2D eigenvalue weighted by Crippen LogP contribution is -2.18. The Balaban J connectivity index is 2.20. The maximum atomic E-state index is 6.13. The van der Waals surface area contributed by atoms with Gasteiger partial charge in [-0.2, -0.15) is 0 Å². The van der Waals surface area contributed by atoms with E-state index in [9.17, 15) is 0 Å². The summed E-state index contributed by atoms with van der Waals surface area (Å²) in [6.07, 6.45) is 0. The van der Waals surface area contributed by atoms with Crippen LogP contribution in [-0.4, -0.2) is 14.2 Å². The van der Waals surface area contributed by atoms with Gasteiger partial charge < -0.3 is 15.4 Å².